The van der Waals surface area contributed by atoms with Crippen molar-refractivity contribution in [3.05, 3.63) is 53.5 Å². The highest BCUT2D eigenvalue weighted by atomic mass is 19.1. The summed E-state index contributed by atoms with van der Waals surface area (Å²) in [4.78, 5) is 16.1. The Morgan fingerprint density at radius 3 is 2.90 bits per heavy atom. The van der Waals surface area contributed by atoms with Crippen LogP contribution in [0, 0.1) is 17.1 Å². The number of anilines is 2. The molecule has 0 aliphatic rings. The Bertz CT molecular complexity index is 694. The fourth-order valence-corrected chi connectivity index (χ4v) is 1.64. The summed E-state index contributed by atoms with van der Waals surface area (Å²) in [6.45, 7) is 0. The van der Waals surface area contributed by atoms with Gasteiger partial charge in [0.1, 0.15) is 23.3 Å². The average Bonchev–Trinajstić information content (AvgIpc) is 2.47. The van der Waals surface area contributed by atoms with Crippen LogP contribution in [0.5, 0.6) is 0 Å². The van der Waals surface area contributed by atoms with Crippen molar-refractivity contribution in [2.24, 2.45) is 0 Å². The summed E-state index contributed by atoms with van der Waals surface area (Å²) in [5, 5.41) is 14.2. The van der Waals surface area contributed by atoms with Crippen LogP contribution in [0.25, 0.3) is 0 Å². The lowest BCUT2D eigenvalue weighted by molar-refractivity contribution is 0.102. The Morgan fingerprint density at radius 2 is 2.20 bits per heavy atom. The number of rotatable bonds is 3. The maximum atomic E-state index is 13.4. The van der Waals surface area contributed by atoms with Crippen LogP contribution in [0.1, 0.15) is 15.9 Å². The van der Waals surface area contributed by atoms with Crippen molar-refractivity contribution in [3.8, 4) is 6.07 Å². The molecule has 1 amide bonds. The molecule has 0 saturated heterocycles. The number of carbonyl (C=O) groups excluding carboxylic acids is 1. The first kappa shape index (κ1) is 13.5. The van der Waals surface area contributed by atoms with Gasteiger partial charge in [-0.15, -0.1) is 0 Å². The van der Waals surface area contributed by atoms with Crippen LogP contribution in [0.15, 0.2) is 36.5 Å². The lowest BCUT2D eigenvalue weighted by atomic mass is 10.1. The van der Waals surface area contributed by atoms with Gasteiger partial charge >= 0.3 is 0 Å². The predicted octanol–water partition coefficient (Wildman–Crippen LogP) is 2.39. The van der Waals surface area contributed by atoms with E-state index in [1.807, 2.05) is 0 Å². The van der Waals surface area contributed by atoms with Crippen LogP contribution in [0.2, 0.25) is 0 Å². The van der Waals surface area contributed by atoms with E-state index in [0.29, 0.717) is 11.4 Å². The van der Waals surface area contributed by atoms with Gasteiger partial charge in [-0.1, -0.05) is 6.07 Å². The summed E-state index contributed by atoms with van der Waals surface area (Å²) in [7, 11) is 1.68. The molecule has 1 aromatic carbocycles. The standard InChI is InChI=1S/C14H11FN4O/c1-17-13-7-9(5-6-18-13)14(20)19-12-4-2-3-11(15)10(12)8-16/h2-7H,1H3,(H,17,18)(H,19,20). The van der Waals surface area contributed by atoms with Crippen LogP contribution in [-0.2, 0) is 0 Å². The zero-order valence-electron chi connectivity index (χ0n) is 10.6. The van der Waals surface area contributed by atoms with Crippen molar-refractivity contribution in [2.45, 2.75) is 0 Å². The van der Waals surface area contributed by atoms with Crippen molar-refractivity contribution in [3.63, 3.8) is 0 Å². The molecular weight excluding hydrogens is 259 g/mol. The van der Waals surface area contributed by atoms with Crippen molar-refractivity contribution in [1.29, 1.82) is 5.26 Å². The zero-order chi connectivity index (χ0) is 14.5. The average molecular weight is 270 g/mol. The van der Waals surface area contributed by atoms with Gasteiger partial charge in [0.05, 0.1) is 5.69 Å². The quantitative estimate of drug-likeness (QED) is 0.897. The Hall–Kier alpha value is -2.94. The van der Waals surface area contributed by atoms with Gasteiger partial charge in [0, 0.05) is 18.8 Å². The summed E-state index contributed by atoms with van der Waals surface area (Å²) in [6, 6.07) is 8.88. The first-order chi connectivity index (χ1) is 9.65. The summed E-state index contributed by atoms with van der Waals surface area (Å²) in [5.74, 6) is -0.570. The third kappa shape index (κ3) is 2.72. The number of nitrogens with one attached hydrogen (secondary N) is 2. The lowest BCUT2D eigenvalue weighted by Crippen LogP contribution is -2.13. The molecule has 0 fully saturated rings. The number of amides is 1. The van der Waals surface area contributed by atoms with Crippen molar-refractivity contribution >= 4 is 17.4 Å². The molecule has 1 heterocycles. The normalized spacial score (nSPS) is 9.65. The summed E-state index contributed by atoms with van der Waals surface area (Å²) >= 11 is 0. The van der Waals surface area contributed by atoms with Gasteiger partial charge in [0.2, 0.25) is 0 Å². The van der Waals surface area contributed by atoms with Gasteiger partial charge in [-0.05, 0) is 24.3 Å². The van der Waals surface area contributed by atoms with E-state index >= 15 is 0 Å². The fraction of sp³-hybridized carbons (Fsp3) is 0.0714. The van der Waals surface area contributed by atoms with Gasteiger partial charge in [-0.2, -0.15) is 5.26 Å². The number of carbonyl (C=O) groups is 1. The van der Waals surface area contributed by atoms with Crippen LogP contribution >= 0.6 is 0 Å². The summed E-state index contributed by atoms with van der Waals surface area (Å²) in [5.41, 5.74) is 0.307. The minimum atomic E-state index is -0.670. The van der Waals surface area contributed by atoms with E-state index in [1.54, 1.807) is 19.2 Å². The molecule has 0 aliphatic heterocycles. The monoisotopic (exact) mass is 270 g/mol. The SMILES string of the molecule is CNc1cc(C(=O)Nc2cccc(F)c2C#N)ccn1. The molecule has 100 valence electrons. The zero-order valence-corrected chi connectivity index (χ0v) is 10.6. The number of aromatic nitrogens is 1. The highest BCUT2D eigenvalue weighted by molar-refractivity contribution is 6.05. The van der Waals surface area contributed by atoms with E-state index in [4.69, 9.17) is 5.26 Å². The second-order valence-corrected chi connectivity index (χ2v) is 3.91. The Labute approximate surface area is 115 Å². The third-order valence-corrected chi connectivity index (χ3v) is 2.65. The molecule has 2 aromatic rings. The predicted molar refractivity (Wildman–Crippen MR) is 72.9 cm³/mol. The third-order valence-electron chi connectivity index (χ3n) is 2.65. The molecule has 0 spiro atoms. The minimum Gasteiger partial charge on any atom is -0.373 e. The van der Waals surface area contributed by atoms with Crippen LogP contribution in [0.3, 0.4) is 0 Å². The molecule has 0 bridgehead atoms. The smallest absolute Gasteiger partial charge is 0.255 e. The van der Waals surface area contributed by atoms with E-state index in [-0.39, 0.29) is 11.3 Å². The van der Waals surface area contributed by atoms with Crippen LogP contribution in [0.4, 0.5) is 15.9 Å². The number of hydrogen-bond donors (Lipinski definition) is 2. The minimum absolute atomic E-state index is 0.139. The summed E-state index contributed by atoms with van der Waals surface area (Å²) < 4.78 is 13.4. The van der Waals surface area contributed by atoms with E-state index in [9.17, 15) is 9.18 Å². The number of pyridine rings is 1. The van der Waals surface area contributed by atoms with Crippen molar-refractivity contribution in [2.75, 3.05) is 17.7 Å². The fourth-order valence-electron chi connectivity index (χ4n) is 1.64. The number of nitrogens with zero attached hydrogens (tertiary/aromatic N) is 2. The number of hydrogen-bond acceptors (Lipinski definition) is 4. The summed E-state index contributed by atoms with van der Waals surface area (Å²) in [6.07, 6.45) is 1.48. The Kier molecular flexibility index (Phi) is 3.91. The molecule has 0 radical (unpaired) electrons. The van der Waals surface area contributed by atoms with Crippen molar-refractivity contribution in [1.82, 2.24) is 4.98 Å². The highest BCUT2D eigenvalue weighted by Crippen LogP contribution is 2.19. The maximum Gasteiger partial charge on any atom is 0.255 e. The molecule has 0 saturated carbocycles. The van der Waals surface area contributed by atoms with Crippen LogP contribution in [-0.4, -0.2) is 17.9 Å². The number of nitriles is 1. The number of halogens is 1. The molecule has 1 aromatic heterocycles. The Balaban J connectivity index is 2.28. The molecule has 0 unspecified atom stereocenters. The van der Waals surface area contributed by atoms with Gasteiger partial charge in [0.25, 0.3) is 5.91 Å². The molecule has 20 heavy (non-hydrogen) atoms. The highest BCUT2D eigenvalue weighted by Gasteiger charge is 2.12. The molecular formula is C14H11FN4O. The molecule has 0 aliphatic carbocycles. The van der Waals surface area contributed by atoms with Crippen LogP contribution < -0.4 is 10.6 Å². The van der Waals surface area contributed by atoms with Crippen molar-refractivity contribution < 1.29 is 9.18 Å². The van der Waals surface area contributed by atoms with Gasteiger partial charge < -0.3 is 10.6 Å². The molecule has 5 nitrogen and oxygen atoms in total. The number of benzene rings is 1. The first-order valence-electron chi connectivity index (χ1n) is 5.79. The first-order valence-corrected chi connectivity index (χ1v) is 5.79. The molecule has 2 N–H and O–H groups in total. The van der Waals surface area contributed by atoms with E-state index in [0.717, 1.165) is 0 Å². The van der Waals surface area contributed by atoms with E-state index in [2.05, 4.69) is 15.6 Å². The van der Waals surface area contributed by atoms with E-state index in [1.165, 1.54) is 30.5 Å². The van der Waals surface area contributed by atoms with E-state index < -0.39 is 11.7 Å². The van der Waals surface area contributed by atoms with Gasteiger partial charge in [-0.3, -0.25) is 4.79 Å². The molecule has 2 rings (SSSR count). The van der Waals surface area contributed by atoms with Gasteiger partial charge in [0.15, 0.2) is 0 Å². The van der Waals surface area contributed by atoms with Gasteiger partial charge in [-0.25, -0.2) is 9.37 Å². The Morgan fingerprint density at radius 1 is 1.40 bits per heavy atom. The second-order valence-electron chi connectivity index (χ2n) is 3.91. The molecule has 0 atom stereocenters. The lowest BCUT2D eigenvalue weighted by Gasteiger charge is -2.08. The topological polar surface area (TPSA) is 77.8 Å². The second kappa shape index (κ2) is 5.80. The largest absolute Gasteiger partial charge is 0.373 e. The maximum absolute atomic E-state index is 13.4. The molecule has 6 heteroatoms.